The molecule has 0 aliphatic carbocycles. The van der Waals surface area contributed by atoms with Gasteiger partial charge < -0.3 is 14.8 Å². The van der Waals surface area contributed by atoms with Gasteiger partial charge in [0.2, 0.25) is 5.88 Å². The number of ether oxygens (including phenoxy) is 1. The highest BCUT2D eigenvalue weighted by Gasteiger charge is 2.01. The fourth-order valence-corrected chi connectivity index (χ4v) is 0.785. The third-order valence-corrected chi connectivity index (χ3v) is 1.37. The van der Waals surface area contributed by atoms with Crippen LogP contribution >= 0.6 is 0 Å². The van der Waals surface area contributed by atoms with E-state index in [2.05, 4.69) is 4.98 Å². The molecular weight excluding hydrogens is 148 g/mol. The van der Waals surface area contributed by atoms with Crippen LogP contribution in [0.4, 0.5) is 0 Å². The molecule has 11 heavy (non-hydrogen) atoms. The number of aromatic hydroxyl groups is 1. The molecule has 0 bridgehead atoms. The van der Waals surface area contributed by atoms with Gasteiger partial charge in [0.25, 0.3) is 0 Å². The van der Waals surface area contributed by atoms with E-state index in [4.69, 9.17) is 9.84 Å². The van der Waals surface area contributed by atoms with Crippen LogP contribution in [-0.4, -0.2) is 28.4 Å². The van der Waals surface area contributed by atoms with Gasteiger partial charge in [0, 0.05) is 7.11 Å². The maximum atomic E-state index is 10.8. The molecule has 5 heteroatoms. The number of methoxy groups -OCH3 is 1. The summed E-state index contributed by atoms with van der Waals surface area (Å²) in [4.78, 5) is 13.2. The molecule has 0 atom stereocenters. The number of H-pyrrole nitrogens is 1. The predicted molar refractivity (Wildman–Crippen MR) is 38.6 cm³/mol. The molecule has 0 fully saturated rings. The summed E-state index contributed by atoms with van der Waals surface area (Å²) in [6.07, 6.45) is 1.25. The van der Waals surface area contributed by atoms with Gasteiger partial charge in [-0.05, 0) is 0 Å². The lowest BCUT2D eigenvalue weighted by molar-refractivity contribution is 0.183. The summed E-state index contributed by atoms with van der Waals surface area (Å²) in [5.41, 5.74) is -0.320. The Morgan fingerprint density at radius 2 is 2.55 bits per heavy atom. The molecule has 1 aromatic rings. The summed E-state index contributed by atoms with van der Waals surface area (Å²) >= 11 is 0. The van der Waals surface area contributed by atoms with Gasteiger partial charge in [0.05, 0.1) is 19.3 Å². The Bertz CT molecular complexity index is 276. The predicted octanol–water partition coefficient (Wildman–Crippen LogP) is -0.472. The molecule has 1 heterocycles. The molecule has 0 spiro atoms. The number of aromatic amines is 1. The summed E-state index contributed by atoms with van der Waals surface area (Å²) in [6.45, 7) is 0.774. The zero-order valence-corrected chi connectivity index (χ0v) is 6.20. The van der Waals surface area contributed by atoms with E-state index in [9.17, 15) is 4.79 Å². The van der Waals surface area contributed by atoms with Gasteiger partial charge in [-0.25, -0.2) is 4.79 Å². The Kier molecular flexibility index (Phi) is 2.32. The van der Waals surface area contributed by atoms with E-state index in [1.54, 1.807) is 0 Å². The van der Waals surface area contributed by atoms with Crippen LogP contribution in [0.5, 0.6) is 5.88 Å². The van der Waals surface area contributed by atoms with E-state index >= 15 is 0 Å². The van der Waals surface area contributed by atoms with Crippen LogP contribution in [0.2, 0.25) is 0 Å². The fraction of sp³-hybridized carbons (Fsp3) is 0.500. The lowest BCUT2D eigenvalue weighted by Gasteiger charge is -1.99. The van der Waals surface area contributed by atoms with Crippen LogP contribution in [0, 0.1) is 0 Å². The van der Waals surface area contributed by atoms with Crippen molar-refractivity contribution < 1.29 is 9.84 Å². The minimum atomic E-state index is -0.320. The van der Waals surface area contributed by atoms with Gasteiger partial charge >= 0.3 is 5.69 Å². The van der Waals surface area contributed by atoms with Crippen LogP contribution in [0.3, 0.4) is 0 Å². The molecule has 0 aromatic carbocycles. The van der Waals surface area contributed by atoms with E-state index in [0.29, 0.717) is 13.2 Å². The Morgan fingerprint density at radius 1 is 1.82 bits per heavy atom. The van der Waals surface area contributed by atoms with Gasteiger partial charge in [0.15, 0.2) is 0 Å². The third kappa shape index (κ3) is 1.62. The number of nitrogens with one attached hydrogen (secondary N) is 1. The lowest BCUT2D eigenvalue weighted by Crippen LogP contribution is -2.18. The molecular formula is C6H10N2O3. The van der Waals surface area contributed by atoms with Crippen LogP contribution in [0.1, 0.15) is 0 Å². The van der Waals surface area contributed by atoms with Crippen molar-refractivity contribution >= 4 is 0 Å². The number of aromatic nitrogens is 2. The molecule has 0 aliphatic rings. The highest BCUT2D eigenvalue weighted by atomic mass is 16.5. The lowest BCUT2D eigenvalue weighted by atomic mass is 10.6. The smallest absolute Gasteiger partial charge is 0.328 e. The molecule has 1 aromatic heterocycles. The second-order valence-electron chi connectivity index (χ2n) is 2.10. The minimum Gasteiger partial charge on any atom is -0.493 e. The highest BCUT2D eigenvalue weighted by Crippen LogP contribution is 2.00. The summed E-state index contributed by atoms with van der Waals surface area (Å²) in [5.74, 6) is -0.0629. The standard InChI is InChI=1S/C6H10N2O3/c1-11-3-2-8-5(9)4-7-6(8)10/h4,9H,2-3H2,1H3,(H,7,10). The number of hydrogen-bond donors (Lipinski definition) is 2. The first-order chi connectivity index (χ1) is 5.25. The second-order valence-corrected chi connectivity index (χ2v) is 2.10. The van der Waals surface area contributed by atoms with E-state index < -0.39 is 0 Å². The average Bonchev–Trinajstić information content (AvgIpc) is 2.29. The summed E-state index contributed by atoms with van der Waals surface area (Å²) in [7, 11) is 1.54. The summed E-state index contributed by atoms with van der Waals surface area (Å²) in [5, 5.41) is 9.03. The molecule has 0 saturated carbocycles. The van der Waals surface area contributed by atoms with Crippen molar-refractivity contribution in [2.24, 2.45) is 0 Å². The SMILES string of the molecule is COCCn1c(O)c[nH]c1=O. The molecule has 0 unspecified atom stereocenters. The van der Waals surface area contributed by atoms with Gasteiger partial charge in [-0.15, -0.1) is 0 Å². The zero-order chi connectivity index (χ0) is 8.27. The normalized spacial score (nSPS) is 10.3. The van der Waals surface area contributed by atoms with E-state index in [1.807, 2.05) is 0 Å². The molecule has 5 nitrogen and oxygen atoms in total. The van der Waals surface area contributed by atoms with Crippen LogP contribution in [0.25, 0.3) is 0 Å². The van der Waals surface area contributed by atoms with Crippen molar-refractivity contribution in [2.75, 3.05) is 13.7 Å². The first-order valence-electron chi connectivity index (χ1n) is 3.22. The maximum Gasteiger partial charge on any atom is 0.328 e. The zero-order valence-electron chi connectivity index (χ0n) is 6.20. The van der Waals surface area contributed by atoms with Crippen LogP contribution in [-0.2, 0) is 11.3 Å². The van der Waals surface area contributed by atoms with Gasteiger partial charge in [-0.2, -0.15) is 0 Å². The molecule has 62 valence electrons. The van der Waals surface area contributed by atoms with Crippen molar-refractivity contribution in [3.8, 4) is 5.88 Å². The molecule has 2 N–H and O–H groups in total. The Balaban J connectivity index is 2.75. The Morgan fingerprint density at radius 3 is 3.00 bits per heavy atom. The minimum absolute atomic E-state index is 0.0629. The first kappa shape index (κ1) is 7.87. The largest absolute Gasteiger partial charge is 0.493 e. The first-order valence-corrected chi connectivity index (χ1v) is 3.22. The van der Waals surface area contributed by atoms with Crippen molar-refractivity contribution in [1.29, 1.82) is 0 Å². The molecule has 0 saturated heterocycles. The van der Waals surface area contributed by atoms with E-state index in [0.717, 1.165) is 0 Å². The van der Waals surface area contributed by atoms with Crippen molar-refractivity contribution in [1.82, 2.24) is 9.55 Å². The molecule has 0 amide bonds. The second kappa shape index (κ2) is 3.25. The van der Waals surface area contributed by atoms with Crippen molar-refractivity contribution in [3.63, 3.8) is 0 Å². The van der Waals surface area contributed by atoms with Crippen molar-refractivity contribution in [2.45, 2.75) is 6.54 Å². The number of hydrogen-bond acceptors (Lipinski definition) is 3. The van der Waals surface area contributed by atoms with Gasteiger partial charge in [-0.3, -0.25) is 4.57 Å². The monoisotopic (exact) mass is 158 g/mol. The van der Waals surface area contributed by atoms with E-state index in [-0.39, 0.29) is 11.6 Å². The number of nitrogens with zero attached hydrogens (tertiary/aromatic N) is 1. The molecule has 0 radical (unpaired) electrons. The van der Waals surface area contributed by atoms with Crippen LogP contribution < -0.4 is 5.69 Å². The highest BCUT2D eigenvalue weighted by molar-refractivity contribution is 5.02. The summed E-state index contributed by atoms with van der Waals surface area (Å²) < 4.78 is 5.94. The summed E-state index contributed by atoms with van der Waals surface area (Å²) in [6, 6.07) is 0. The quantitative estimate of drug-likeness (QED) is 0.624. The topological polar surface area (TPSA) is 67.2 Å². The van der Waals surface area contributed by atoms with Crippen molar-refractivity contribution in [3.05, 3.63) is 16.7 Å². The van der Waals surface area contributed by atoms with E-state index in [1.165, 1.54) is 17.9 Å². The van der Waals surface area contributed by atoms with Gasteiger partial charge in [0.1, 0.15) is 0 Å². The van der Waals surface area contributed by atoms with Crippen LogP contribution in [0.15, 0.2) is 11.0 Å². The molecule has 0 aliphatic heterocycles. The fourth-order valence-electron chi connectivity index (χ4n) is 0.785. The number of imidazole rings is 1. The Labute approximate surface area is 63.2 Å². The average molecular weight is 158 g/mol. The Hall–Kier alpha value is -1.23. The third-order valence-electron chi connectivity index (χ3n) is 1.37. The van der Waals surface area contributed by atoms with Gasteiger partial charge in [-0.1, -0.05) is 0 Å². The number of rotatable bonds is 3. The maximum absolute atomic E-state index is 10.8. The molecule has 1 rings (SSSR count).